The number of nitrogens with one attached hydrogen (secondary N) is 1. The van der Waals surface area contributed by atoms with Gasteiger partial charge in [-0.15, -0.1) is 11.3 Å². The SMILES string of the molecule is CCC(C)C1NC(=O)C(C)N(CCc2ccc(Cl)s2)C1=O. The first-order valence-electron chi connectivity index (χ1n) is 7.29. The third-order valence-corrected chi connectivity index (χ3v) is 5.43. The molecule has 6 heteroatoms. The summed E-state index contributed by atoms with van der Waals surface area (Å²) in [5, 5.41) is 2.85. The summed E-state index contributed by atoms with van der Waals surface area (Å²) in [5.74, 6) is 0.107. The van der Waals surface area contributed by atoms with E-state index < -0.39 is 12.1 Å². The molecule has 1 aromatic rings. The molecule has 3 atom stereocenters. The quantitative estimate of drug-likeness (QED) is 0.903. The highest BCUT2D eigenvalue weighted by molar-refractivity contribution is 7.16. The number of thiophene rings is 1. The lowest BCUT2D eigenvalue weighted by Gasteiger charge is -2.39. The van der Waals surface area contributed by atoms with Crippen molar-refractivity contribution in [2.45, 2.75) is 45.7 Å². The lowest BCUT2D eigenvalue weighted by atomic mass is 9.94. The molecule has 0 aromatic carbocycles. The van der Waals surface area contributed by atoms with E-state index in [9.17, 15) is 9.59 Å². The van der Waals surface area contributed by atoms with E-state index in [0.29, 0.717) is 6.54 Å². The van der Waals surface area contributed by atoms with E-state index in [4.69, 9.17) is 11.6 Å². The molecule has 1 fully saturated rings. The number of piperazine rings is 1. The van der Waals surface area contributed by atoms with Crippen LogP contribution in [0.2, 0.25) is 4.34 Å². The Labute approximate surface area is 134 Å². The molecule has 0 spiro atoms. The van der Waals surface area contributed by atoms with Crippen molar-refractivity contribution in [3.63, 3.8) is 0 Å². The molecule has 0 saturated carbocycles. The predicted octanol–water partition coefficient (Wildman–Crippen LogP) is 2.71. The maximum Gasteiger partial charge on any atom is 0.246 e. The molecular formula is C15H21ClN2O2S. The molecule has 4 nitrogen and oxygen atoms in total. The molecule has 1 aliphatic heterocycles. The Kier molecular flexibility index (Phi) is 5.27. The monoisotopic (exact) mass is 328 g/mol. The van der Waals surface area contributed by atoms with Crippen LogP contribution in [-0.2, 0) is 16.0 Å². The summed E-state index contributed by atoms with van der Waals surface area (Å²) in [5.41, 5.74) is 0. The Balaban J connectivity index is 2.07. The van der Waals surface area contributed by atoms with Crippen LogP contribution in [0, 0.1) is 5.92 Å². The van der Waals surface area contributed by atoms with E-state index >= 15 is 0 Å². The van der Waals surface area contributed by atoms with Crippen molar-refractivity contribution in [3.05, 3.63) is 21.3 Å². The van der Waals surface area contributed by atoms with Crippen LogP contribution in [0.4, 0.5) is 0 Å². The highest BCUT2D eigenvalue weighted by Gasteiger charge is 2.39. The van der Waals surface area contributed by atoms with E-state index in [1.54, 1.807) is 11.8 Å². The van der Waals surface area contributed by atoms with E-state index in [-0.39, 0.29) is 17.7 Å². The minimum Gasteiger partial charge on any atom is -0.342 e. The van der Waals surface area contributed by atoms with E-state index in [2.05, 4.69) is 5.32 Å². The van der Waals surface area contributed by atoms with Crippen LogP contribution in [0.1, 0.15) is 32.1 Å². The van der Waals surface area contributed by atoms with Crippen molar-refractivity contribution in [2.75, 3.05) is 6.54 Å². The molecule has 3 unspecified atom stereocenters. The van der Waals surface area contributed by atoms with Crippen LogP contribution in [-0.4, -0.2) is 35.3 Å². The molecule has 21 heavy (non-hydrogen) atoms. The normalized spacial score (nSPS) is 24.1. The number of hydrogen-bond acceptors (Lipinski definition) is 3. The third kappa shape index (κ3) is 3.58. The zero-order chi connectivity index (χ0) is 15.6. The molecule has 1 N–H and O–H groups in total. The van der Waals surface area contributed by atoms with Crippen molar-refractivity contribution in [3.8, 4) is 0 Å². The fraction of sp³-hybridized carbons (Fsp3) is 0.600. The predicted molar refractivity (Wildman–Crippen MR) is 85.6 cm³/mol. The van der Waals surface area contributed by atoms with Gasteiger partial charge in [-0.05, 0) is 31.4 Å². The first-order chi connectivity index (χ1) is 9.93. The van der Waals surface area contributed by atoms with Gasteiger partial charge in [0.1, 0.15) is 12.1 Å². The minimum absolute atomic E-state index is 0.0269. The number of carbonyl (C=O) groups excluding carboxylic acids is 2. The summed E-state index contributed by atoms with van der Waals surface area (Å²) in [4.78, 5) is 27.5. The van der Waals surface area contributed by atoms with Crippen molar-refractivity contribution in [1.29, 1.82) is 0 Å². The van der Waals surface area contributed by atoms with Gasteiger partial charge in [0.15, 0.2) is 0 Å². The molecule has 116 valence electrons. The zero-order valence-electron chi connectivity index (χ0n) is 12.6. The van der Waals surface area contributed by atoms with E-state index in [1.807, 2.05) is 26.0 Å². The van der Waals surface area contributed by atoms with Crippen LogP contribution >= 0.6 is 22.9 Å². The first-order valence-corrected chi connectivity index (χ1v) is 8.48. The second-order valence-corrected chi connectivity index (χ2v) is 7.33. The molecule has 0 radical (unpaired) electrons. The minimum atomic E-state index is -0.409. The first kappa shape index (κ1) is 16.3. The summed E-state index contributed by atoms with van der Waals surface area (Å²) < 4.78 is 0.748. The van der Waals surface area contributed by atoms with Gasteiger partial charge in [0, 0.05) is 11.4 Å². The van der Waals surface area contributed by atoms with Crippen LogP contribution in [0.3, 0.4) is 0 Å². The lowest BCUT2D eigenvalue weighted by Crippen LogP contribution is -2.64. The molecule has 1 aromatic heterocycles. The van der Waals surface area contributed by atoms with Gasteiger partial charge in [0.25, 0.3) is 0 Å². The average Bonchev–Trinajstić information content (AvgIpc) is 2.87. The summed E-state index contributed by atoms with van der Waals surface area (Å²) in [6.45, 7) is 6.36. The highest BCUT2D eigenvalue weighted by atomic mass is 35.5. The largest absolute Gasteiger partial charge is 0.342 e. The number of halogens is 1. The Hall–Kier alpha value is -1.07. The van der Waals surface area contributed by atoms with Crippen molar-refractivity contribution < 1.29 is 9.59 Å². The van der Waals surface area contributed by atoms with Crippen LogP contribution in [0.15, 0.2) is 12.1 Å². The Morgan fingerprint density at radius 2 is 2.14 bits per heavy atom. The third-order valence-electron chi connectivity index (χ3n) is 4.13. The molecule has 2 amide bonds. The van der Waals surface area contributed by atoms with Crippen LogP contribution < -0.4 is 5.32 Å². The Bertz CT molecular complexity index is 531. The highest BCUT2D eigenvalue weighted by Crippen LogP contribution is 2.23. The summed E-state index contributed by atoms with van der Waals surface area (Å²) >= 11 is 7.44. The number of rotatable bonds is 5. The van der Waals surface area contributed by atoms with Crippen molar-refractivity contribution in [1.82, 2.24) is 10.2 Å². The van der Waals surface area contributed by atoms with Gasteiger partial charge < -0.3 is 10.2 Å². The number of hydrogen-bond donors (Lipinski definition) is 1. The number of carbonyl (C=O) groups is 2. The van der Waals surface area contributed by atoms with Gasteiger partial charge in [0.2, 0.25) is 11.8 Å². The molecule has 2 rings (SSSR count). The van der Waals surface area contributed by atoms with Gasteiger partial charge in [-0.25, -0.2) is 0 Å². The smallest absolute Gasteiger partial charge is 0.246 e. The summed E-state index contributed by atoms with van der Waals surface area (Å²) in [7, 11) is 0. The zero-order valence-corrected chi connectivity index (χ0v) is 14.1. The average molecular weight is 329 g/mol. The topological polar surface area (TPSA) is 49.4 Å². The fourth-order valence-electron chi connectivity index (χ4n) is 2.49. The molecule has 2 heterocycles. The molecular weight excluding hydrogens is 308 g/mol. The molecule has 0 aliphatic carbocycles. The number of amides is 2. The Morgan fingerprint density at radius 3 is 2.71 bits per heavy atom. The van der Waals surface area contributed by atoms with Crippen molar-refractivity contribution in [2.24, 2.45) is 5.92 Å². The van der Waals surface area contributed by atoms with Gasteiger partial charge >= 0.3 is 0 Å². The molecule has 0 bridgehead atoms. The second kappa shape index (κ2) is 6.79. The summed E-state index contributed by atoms with van der Waals surface area (Å²) in [6.07, 6.45) is 1.59. The van der Waals surface area contributed by atoms with Gasteiger partial charge in [-0.1, -0.05) is 31.9 Å². The van der Waals surface area contributed by atoms with Crippen molar-refractivity contribution >= 4 is 34.8 Å². The summed E-state index contributed by atoms with van der Waals surface area (Å²) in [6, 6.07) is 3.02. The van der Waals surface area contributed by atoms with Gasteiger partial charge in [-0.2, -0.15) is 0 Å². The molecule has 1 saturated heterocycles. The van der Waals surface area contributed by atoms with E-state index in [0.717, 1.165) is 22.1 Å². The van der Waals surface area contributed by atoms with Crippen LogP contribution in [0.25, 0.3) is 0 Å². The van der Waals surface area contributed by atoms with Crippen LogP contribution in [0.5, 0.6) is 0 Å². The van der Waals surface area contributed by atoms with Gasteiger partial charge in [0.05, 0.1) is 4.34 Å². The molecule has 1 aliphatic rings. The Morgan fingerprint density at radius 1 is 1.43 bits per heavy atom. The fourth-order valence-corrected chi connectivity index (χ4v) is 3.56. The van der Waals surface area contributed by atoms with Gasteiger partial charge in [-0.3, -0.25) is 9.59 Å². The number of nitrogens with zero attached hydrogens (tertiary/aromatic N) is 1. The van der Waals surface area contributed by atoms with E-state index in [1.165, 1.54) is 11.3 Å². The second-order valence-electron chi connectivity index (χ2n) is 5.54. The standard InChI is InChI=1S/C15H21ClN2O2S/c1-4-9(2)13-15(20)18(10(3)14(19)17-13)8-7-11-5-6-12(16)21-11/h5-6,9-10,13H,4,7-8H2,1-3H3,(H,17,19). The lowest BCUT2D eigenvalue weighted by molar-refractivity contribution is -0.150. The maximum atomic E-state index is 12.6. The maximum absolute atomic E-state index is 12.6.